The van der Waals surface area contributed by atoms with Gasteiger partial charge < -0.3 is 5.32 Å². The molecule has 1 atom stereocenters. The quantitative estimate of drug-likeness (QED) is 0.870. The van der Waals surface area contributed by atoms with Crippen LogP contribution in [-0.4, -0.2) is 17.5 Å². The van der Waals surface area contributed by atoms with Crippen LogP contribution in [0.5, 0.6) is 0 Å². The minimum atomic E-state index is 0.518. The summed E-state index contributed by atoms with van der Waals surface area (Å²) in [5, 5.41) is 4.70. The van der Waals surface area contributed by atoms with Gasteiger partial charge in [0.05, 0.1) is 0 Å². The fourth-order valence-electron chi connectivity index (χ4n) is 2.59. The van der Waals surface area contributed by atoms with E-state index in [1.807, 2.05) is 23.1 Å². The molecular formula is C14H23NS2. The first-order chi connectivity index (χ1) is 8.19. The van der Waals surface area contributed by atoms with Gasteiger partial charge in [0.25, 0.3) is 0 Å². The predicted octanol–water partition coefficient (Wildman–Crippen LogP) is 4.38. The normalized spacial score (nSPS) is 27.0. The standard InChI is InChI=1S/C14H23NS2/c1-10-4-9-14(17-10)11(2)15-12-5-7-13(16-3)8-6-12/h4,9,11-13,15H,5-8H2,1-3H3. The fourth-order valence-corrected chi connectivity index (χ4v) is 4.22. The van der Waals surface area contributed by atoms with Crippen molar-refractivity contribution in [2.75, 3.05) is 6.26 Å². The van der Waals surface area contributed by atoms with Gasteiger partial charge in [0, 0.05) is 27.1 Å². The Hall–Kier alpha value is 0.01000. The van der Waals surface area contributed by atoms with Crippen molar-refractivity contribution in [1.29, 1.82) is 0 Å². The van der Waals surface area contributed by atoms with Gasteiger partial charge in [0.2, 0.25) is 0 Å². The number of hydrogen-bond acceptors (Lipinski definition) is 3. The Balaban J connectivity index is 1.81. The van der Waals surface area contributed by atoms with Crippen LogP contribution in [0.4, 0.5) is 0 Å². The summed E-state index contributed by atoms with van der Waals surface area (Å²) in [6, 6.07) is 5.74. The fraction of sp³-hybridized carbons (Fsp3) is 0.714. The van der Waals surface area contributed by atoms with Crippen LogP contribution in [0.2, 0.25) is 0 Å². The van der Waals surface area contributed by atoms with Gasteiger partial charge in [-0.2, -0.15) is 11.8 Å². The Morgan fingerprint density at radius 2 is 2.00 bits per heavy atom. The Morgan fingerprint density at radius 1 is 1.29 bits per heavy atom. The Bertz CT molecular complexity index is 340. The average Bonchev–Trinajstić information content (AvgIpc) is 2.77. The van der Waals surface area contributed by atoms with Gasteiger partial charge in [0.1, 0.15) is 0 Å². The molecule has 1 heterocycles. The molecule has 0 aromatic carbocycles. The van der Waals surface area contributed by atoms with E-state index in [2.05, 4.69) is 37.6 Å². The van der Waals surface area contributed by atoms with Crippen LogP contribution in [0.25, 0.3) is 0 Å². The number of hydrogen-bond donors (Lipinski definition) is 1. The molecule has 0 amide bonds. The van der Waals surface area contributed by atoms with Crippen LogP contribution in [0.3, 0.4) is 0 Å². The van der Waals surface area contributed by atoms with Crippen LogP contribution >= 0.6 is 23.1 Å². The predicted molar refractivity (Wildman–Crippen MR) is 80.2 cm³/mol. The Morgan fingerprint density at radius 3 is 2.53 bits per heavy atom. The van der Waals surface area contributed by atoms with Gasteiger partial charge in [-0.1, -0.05) is 0 Å². The van der Waals surface area contributed by atoms with Crippen LogP contribution in [0.1, 0.15) is 48.4 Å². The summed E-state index contributed by atoms with van der Waals surface area (Å²) < 4.78 is 0. The molecule has 1 saturated carbocycles. The molecule has 1 aromatic heterocycles. The van der Waals surface area contributed by atoms with Gasteiger partial charge in [0.15, 0.2) is 0 Å². The third kappa shape index (κ3) is 3.73. The highest BCUT2D eigenvalue weighted by Gasteiger charge is 2.22. The average molecular weight is 269 g/mol. The molecule has 1 nitrogen and oxygen atoms in total. The highest BCUT2D eigenvalue weighted by Crippen LogP contribution is 2.29. The third-order valence-electron chi connectivity index (χ3n) is 3.68. The lowest BCUT2D eigenvalue weighted by Gasteiger charge is -2.30. The number of rotatable bonds is 4. The van der Waals surface area contributed by atoms with E-state index < -0.39 is 0 Å². The number of thioether (sulfide) groups is 1. The van der Waals surface area contributed by atoms with Crippen LogP contribution < -0.4 is 5.32 Å². The first-order valence-corrected chi connectivity index (χ1v) is 8.64. The summed E-state index contributed by atoms with van der Waals surface area (Å²) in [5.74, 6) is 0. The van der Waals surface area contributed by atoms with Crippen molar-refractivity contribution < 1.29 is 0 Å². The van der Waals surface area contributed by atoms with Crippen molar-refractivity contribution in [3.05, 3.63) is 21.9 Å². The highest BCUT2D eigenvalue weighted by atomic mass is 32.2. The molecule has 1 aliphatic rings. The summed E-state index contributed by atoms with van der Waals surface area (Å²) in [5.41, 5.74) is 0. The first kappa shape index (κ1) is 13.4. The molecule has 1 N–H and O–H groups in total. The van der Waals surface area contributed by atoms with Crippen molar-refractivity contribution in [3.63, 3.8) is 0 Å². The maximum absolute atomic E-state index is 3.79. The molecule has 1 unspecified atom stereocenters. The molecule has 0 spiro atoms. The summed E-state index contributed by atoms with van der Waals surface area (Å²) >= 11 is 3.96. The van der Waals surface area contributed by atoms with Crippen LogP contribution in [0.15, 0.2) is 12.1 Å². The van der Waals surface area contributed by atoms with Crippen molar-refractivity contribution >= 4 is 23.1 Å². The molecule has 0 bridgehead atoms. The minimum Gasteiger partial charge on any atom is -0.307 e. The van der Waals surface area contributed by atoms with Crippen LogP contribution in [0, 0.1) is 6.92 Å². The van der Waals surface area contributed by atoms with E-state index in [0.29, 0.717) is 6.04 Å². The molecular weight excluding hydrogens is 246 g/mol. The summed E-state index contributed by atoms with van der Waals surface area (Å²) in [4.78, 5) is 2.90. The zero-order chi connectivity index (χ0) is 12.3. The highest BCUT2D eigenvalue weighted by molar-refractivity contribution is 7.99. The molecule has 1 aromatic rings. The second-order valence-corrected chi connectivity index (χ2v) is 7.50. The molecule has 1 fully saturated rings. The summed E-state index contributed by atoms with van der Waals surface area (Å²) in [6.07, 6.45) is 7.71. The van der Waals surface area contributed by atoms with Crippen molar-refractivity contribution in [2.24, 2.45) is 0 Å². The van der Waals surface area contributed by atoms with Gasteiger partial charge in [-0.15, -0.1) is 11.3 Å². The molecule has 0 saturated heterocycles. The largest absolute Gasteiger partial charge is 0.307 e. The smallest absolute Gasteiger partial charge is 0.0388 e. The van der Waals surface area contributed by atoms with E-state index in [1.54, 1.807) is 0 Å². The second-order valence-electron chi connectivity index (χ2n) is 5.05. The minimum absolute atomic E-state index is 0.518. The lowest BCUT2D eigenvalue weighted by Crippen LogP contribution is -2.35. The van der Waals surface area contributed by atoms with E-state index in [1.165, 1.54) is 35.4 Å². The molecule has 96 valence electrons. The topological polar surface area (TPSA) is 12.0 Å². The number of thiophene rings is 1. The van der Waals surface area contributed by atoms with Gasteiger partial charge in [-0.3, -0.25) is 0 Å². The van der Waals surface area contributed by atoms with Crippen molar-refractivity contribution in [1.82, 2.24) is 5.32 Å². The van der Waals surface area contributed by atoms with E-state index in [9.17, 15) is 0 Å². The van der Waals surface area contributed by atoms with Gasteiger partial charge in [-0.25, -0.2) is 0 Å². The van der Waals surface area contributed by atoms with Gasteiger partial charge >= 0.3 is 0 Å². The lowest BCUT2D eigenvalue weighted by atomic mass is 9.94. The monoisotopic (exact) mass is 269 g/mol. The summed E-state index contributed by atoms with van der Waals surface area (Å²) in [6.45, 7) is 4.48. The first-order valence-electron chi connectivity index (χ1n) is 6.54. The van der Waals surface area contributed by atoms with E-state index in [4.69, 9.17) is 0 Å². The molecule has 2 rings (SSSR count). The zero-order valence-electron chi connectivity index (χ0n) is 11.0. The molecule has 3 heteroatoms. The summed E-state index contributed by atoms with van der Waals surface area (Å²) in [7, 11) is 0. The van der Waals surface area contributed by atoms with E-state index in [0.717, 1.165) is 11.3 Å². The zero-order valence-corrected chi connectivity index (χ0v) is 12.7. The molecule has 17 heavy (non-hydrogen) atoms. The molecule has 0 radical (unpaired) electrons. The molecule has 0 aliphatic heterocycles. The SMILES string of the molecule is CSC1CCC(NC(C)c2ccc(C)s2)CC1. The second kappa shape index (κ2) is 6.26. The Labute approximate surface area is 113 Å². The van der Waals surface area contributed by atoms with Gasteiger partial charge in [-0.05, 0) is 57.9 Å². The van der Waals surface area contributed by atoms with E-state index >= 15 is 0 Å². The number of aryl methyl sites for hydroxylation is 1. The van der Waals surface area contributed by atoms with Crippen LogP contribution in [-0.2, 0) is 0 Å². The third-order valence-corrected chi connectivity index (χ3v) is 6.00. The van der Waals surface area contributed by atoms with E-state index in [-0.39, 0.29) is 0 Å². The number of nitrogens with one attached hydrogen (secondary N) is 1. The maximum Gasteiger partial charge on any atom is 0.0388 e. The maximum atomic E-state index is 3.79. The lowest BCUT2D eigenvalue weighted by molar-refractivity contribution is 0.354. The molecule has 1 aliphatic carbocycles. The Kier molecular flexibility index (Phi) is 4.95. The van der Waals surface area contributed by atoms with Crippen molar-refractivity contribution in [2.45, 2.75) is 56.9 Å². The van der Waals surface area contributed by atoms with Crippen molar-refractivity contribution in [3.8, 4) is 0 Å².